The van der Waals surface area contributed by atoms with Gasteiger partial charge in [-0.05, 0) is 0 Å². The standard InChI is InChI=1S/C14H16N2O5/c1-15-8-11(12(17)21-2)16(13(15)18,14(19)20)9-10-6-4-3-5-7-10/h3-7,11H,8-9H2,1-2H3/p+1. The van der Waals surface area contributed by atoms with E-state index < -0.39 is 28.6 Å². The van der Waals surface area contributed by atoms with E-state index in [4.69, 9.17) is 0 Å². The van der Waals surface area contributed by atoms with E-state index in [0.29, 0.717) is 5.56 Å². The number of quaternary nitrogens is 1. The number of hydrogen-bond donors (Lipinski definition) is 1. The predicted octanol–water partition coefficient (Wildman–Crippen LogP) is 1.29. The molecule has 0 aromatic heterocycles. The van der Waals surface area contributed by atoms with Gasteiger partial charge in [-0.3, -0.25) is 4.90 Å². The Labute approximate surface area is 121 Å². The van der Waals surface area contributed by atoms with Crippen molar-refractivity contribution in [2.24, 2.45) is 0 Å². The van der Waals surface area contributed by atoms with Gasteiger partial charge in [0.05, 0.1) is 13.7 Å². The monoisotopic (exact) mass is 293 g/mol. The molecule has 1 fully saturated rings. The number of ether oxygens (including phenoxy) is 1. The van der Waals surface area contributed by atoms with E-state index in [-0.39, 0.29) is 13.1 Å². The lowest BCUT2D eigenvalue weighted by Gasteiger charge is -2.28. The first-order chi connectivity index (χ1) is 9.93. The highest BCUT2D eigenvalue weighted by Gasteiger charge is 2.62. The highest BCUT2D eigenvalue weighted by molar-refractivity contribution is 5.88. The van der Waals surface area contributed by atoms with Crippen LogP contribution in [0.15, 0.2) is 30.3 Å². The van der Waals surface area contributed by atoms with Crippen LogP contribution in [0.2, 0.25) is 0 Å². The van der Waals surface area contributed by atoms with Gasteiger partial charge in [0.25, 0.3) is 0 Å². The normalized spacial score (nSPS) is 25.0. The van der Waals surface area contributed by atoms with Crippen molar-refractivity contribution in [3.63, 3.8) is 0 Å². The van der Waals surface area contributed by atoms with Crippen LogP contribution in [0.5, 0.6) is 0 Å². The first-order valence-corrected chi connectivity index (χ1v) is 6.42. The van der Waals surface area contributed by atoms with Gasteiger partial charge in [-0.1, -0.05) is 30.3 Å². The molecule has 2 unspecified atom stereocenters. The van der Waals surface area contributed by atoms with Crippen molar-refractivity contribution in [1.82, 2.24) is 4.90 Å². The molecule has 2 atom stereocenters. The van der Waals surface area contributed by atoms with Crippen molar-refractivity contribution in [3.8, 4) is 0 Å². The second-order valence-electron chi connectivity index (χ2n) is 5.00. The van der Waals surface area contributed by atoms with Gasteiger partial charge in [0, 0.05) is 12.6 Å². The zero-order valence-corrected chi connectivity index (χ0v) is 11.9. The van der Waals surface area contributed by atoms with Gasteiger partial charge in [0.15, 0.2) is 0 Å². The maximum Gasteiger partial charge on any atom is 0.523 e. The summed E-state index contributed by atoms with van der Waals surface area (Å²) in [5, 5.41) is 9.65. The number of nitrogens with zero attached hydrogens (tertiary/aromatic N) is 2. The third-order valence-electron chi connectivity index (χ3n) is 3.74. The Morgan fingerprint density at radius 1 is 1.38 bits per heavy atom. The fraction of sp³-hybridized carbons (Fsp3) is 0.357. The van der Waals surface area contributed by atoms with Gasteiger partial charge in [0.2, 0.25) is 6.04 Å². The topological polar surface area (TPSA) is 83.9 Å². The molecule has 2 rings (SSSR count). The molecule has 0 spiro atoms. The minimum absolute atomic E-state index is 0.0185. The molecule has 0 saturated carbocycles. The average molecular weight is 293 g/mol. The van der Waals surface area contributed by atoms with Gasteiger partial charge in [-0.2, -0.15) is 4.79 Å². The van der Waals surface area contributed by atoms with Crippen LogP contribution >= 0.6 is 0 Å². The quantitative estimate of drug-likeness (QED) is 0.670. The van der Waals surface area contributed by atoms with Crippen LogP contribution < -0.4 is 0 Å². The average Bonchev–Trinajstić information content (AvgIpc) is 2.73. The number of carbonyl (C=O) groups excluding carboxylic acids is 2. The summed E-state index contributed by atoms with van der Waals surface area (Å²) >= 11 is 0. The summed E-state index contributed by atoms with van der Waals surface area (Å²) < 4.78 is 3.68. The molecular formula is C14H17N2O5+. The lowest BCUT2D eigenvalue weighted by Crippen LogP contribution is -2.61. The van der Waals surface area contributed by atoms with Gasteiger partial charge in [-0.25, -0.2) is 9.59 Å². The molecule has 0 bridgehead atoms. The lowest BCUT2D eigenvalue weighted by molar-refractivity contribution is -0.798. The number of methoxy groups -OCH3 is 1. The Bertz CT molecular complexity index is 574. The highest BCUT2D eigenvalue weighted by Crippen LogP contribution is 2.30. The van der Waals surface area contributed by atoms with Crippen molar-refractivity contribution in [3.05, 3.63) is 35.9 Å². The predicted molar refractivity (Wildman–Crippen MR) is 72.3 cm³/mol. The number of rotatable bonds is 3. The van der Waals surface area contributed by atoms with Crippen molar-refractivity contribution >= 4 is 18.1 Å². The second-order valence-corrected chi connectivity index (χ2v) is 5.00. The second kappa shape index (κ2) is 5.53. The van der Waals surface area contributed by atoms with E-state index in [1.54, 1.807) is 30.3 Å². The Kier molecular flexibility index (Phi) is 3.95. The summed E-state index contributed by atoms with van der Waals surface area (Å²) in [6, 6.07) is 7.05. The van der Waals surface area contributed by atoms with Crippen molar-refractivity contribution in [2.45, 2.75) is 12.6 Å². The smallest absolute Gasteiger partial charge is 0.465 e. The zero-order chi connectivity index (χ0) is 15.6. The summed E-state index contributed by atoms with van der Waals surface area (Å²) in [6.07, 6.45) is -1.36. The van der Waals surface area contributed by atoms with Crippen molar-refractivity contribution < 1.29 is 28.7 Å². The minimum atomic E-state index is -1.36. The summed E-state index contributed by atoms with van der Waals surface area (Å²) in [5.74, 6) is -0.703. The molecule has 112 valence electrons. The number of carboxylic acid groups (broad SMARTS) is 1. The SMILES string of the molecule is COC(=O)C1CN(C)C(=O)[N+]1(Cc1ccccc1)C(=O)O. The van der Waals surface area contributed by atoms with E-state index in [0.717, 1.165) is 0 Å². The van der Waals surface area contributed by atoms with E-state index in [1.165, 1.54) is 19.1 Å². The van der Waals surface area contributed by atoms with Crippen LogP contribution in [-0.2, 0) is 16.1 Å². The van der Waals surface area contributed by atoms with Crippen LogP contribution in [0.3, 0.4) is 0 Å². The Morgan fingerprint density at radius 2 is 2.00 bits per heavy atom. The lowest BCUT2D eigenvalue weighted by atomic mass is 10.1. The number of hydrogen-bond acceptors (Lipinski definition) is 4. The van der Waals surface area contributed by atoms with Gasteiger partial charge < -0.3 is 9.84 Å². The molecule has 0 radical (unpaired) electrons. The number of esters is 1. The molecule has 1 aliphatic rings. The molecule has 1 aromatic rings. The van der Waals surface area contributed by atoms with Crippen LogP contribution in [-0.4, -0.2) is 59.3 Å². The molecule has 1 saturated heterocycles. The Morgan fingerprint density at radius 3 is 2.52 bits per heavy atom. The van der Waals surface area contributed by atoms with E-state index in [2.05, 4.69) is 4.74 Å². The summed E-state index contributed by atoms with van der Waals surface area (Å²) in [7, 11) is 2.66. The Balaban J connectivity index is 2.49. The van der Waals surface area contributed by atoms with E-state index >= 15 is 0 Å². The molecule has 1 aliphatic heterocycles. The van der Waals surface area contributed by atoms with Gasteiger partial charge >= 0.3 is 18.1 Å². The largest absolute Gasteiger partial charge is 0.523 e. The fourth-order valence-electron chi connectivity index (χ4n) is 2.64. The summed E-state index contributed by atoms with van der Waals surface area (Å²) in [5.41, 5.74) is 0.664. The molecule has 0 aliphatic carbocycles. The third kappa shape index (κ3) is 2.36. The number of imide groups is 1. The summed E-state index contributed by atoms with van der Waals surface area (Å²) in [6.45, 7) is -0.0796. The number of carbonyl (C=O) groups is 3. The van der Waals surface area contributed by atoms with E-state index in [1.807, 2.05) is 0 Å². The molecule has 1 heterocycles. The van der Waals surface area contributed by atoms with Crippen molar-refractivity contribution in [2.75, 3.05) is 20.7 Å². The molecule has 1 aromatic carbocycles. The molecule has 3 amide bonds. The third-order valence-corrected chi connectivity index (χ3v) is 3.74. The number of likely N-dealkylation sites (N-methyl/N-ethyl adjacent to an activating group) is 1. The van der Waals surface area contributed by atoms with Crippen LogP contribution in [0.25, 0.3) is 0 Å². The van der Waals surface area contributed by atoms with Gasteiger partial charge in [0.1, 0.15) is 6.54 Å². The minimum Gasteiger partial charge on any atom is -0.465 e. The first kappa shape index (κ1) is 15.0. The number of amides is 3. The maximum absolute atomic E-state index is 12.4. The molecule has 7 heteroatoms. The highest BCUT2D eigenvalue weighted by atomic mass is 16.5. The maximum atomic E-state index is 12.4. The fourth-order valence-corrected chi connectivity index (χ4v) is 2.64. The molecule has 7 nitrogen and oxygen atoms in total. The zero-order valence-electron chi connectivity index (χ0n) is 11.9. The molecular weight excluding hydrogens is 276 g/mol. The molecule has 21 heavy (non-hydrogen) atoms. The van der Waals surface area contributed by atoms with Crippen LogP contribution in [0.1, 0.15) is 5.56 Å². The first-order valence-electron chi connectivity index (χ1n) is 6.42. The number of urea groups is 1. The molecule has 1 N–H and O–H groups in total. The van der Waals surface area contributed by atoms with Crippen LogP contribution in [0, 0.1) is 0 Å². The number of benzene rings is 1. The van der Waals surface area contributed by atoms with Crippen LogP contribution in [0.4, 0.5) is 9.59 Å². The van der Waals surface area contributed by atoms with Crippen molar-refractivity contribution in [1.29, 1.82) is 0 Å². The Hall–Kier alpha value is -2.41. The van der Waals surface area contributed by atoms with E-state index in [9.17, 15) is 19.5 Å². The summed E-state index contributed by atoms with van der Waals surface area (Å²) in [4.78, 5) is 37.4. The van der Waals surface area contributed by atoms with Gasteiger partial charge in [-0.15, -0.1) is 4.48 Å².